The van der Waals surface area contributed by atoms with Gasteiger partial charge in [-0.2, -0.15) is 5.10 Å². The highest BCUT2D eigenvalue weighted by Gasteiger charge is 2.28. The average molecular weight is 414 g/mol. The maximum atomic E-state index is 12.5. The zero-order valence-corrected chi connectivity index (χ0v) is 16.9. The molecule has 1 aromatic heterocycles. The second kappa shape index (κ2) is 7.75. The van der Waals surface area contributed by atoms with E-state index >= 15 is 0 Å². The number of anilines is 3. The van der Waals surface area contributed by atoms with E-state index in [2.05, 4.69) is 20.8 Å². The fourth-order valence-electron chi connectivity index (χ4n) is 3.54. The van der Waals surface area contributed by atoms with E-state index in [1.165, 1.54) is 4.31 Å². The van der Waals surface area contributed by atoms with E-state index in [-0.39, 0.29) is 18.1 Å². The maximum Gasteiger partial charge on any atom is 0.235 e. The molecule has 0 saturated carbocycles. The Morgan fingerprint density at radius 2 is 2.10 bits per heavy atom. The van der Waals surface area contributed by atoms with Crippen molar-refractivity contribution < 1.29 is 13.2 Å². The smallest absolute Gasteiger partial charge is 0.235 e. The van der Waals surface area contributed by atoms with Crippen molar-refractivity contribution in [3.63, 3.8) is 0 Å². The Morgan fingerprint density at radius 3 is 2.86 bits per heavy atom. The molecule has 0 atom stereocenters. The maximum absolute atomic E-state index is 12.5. The molecule has 29 heavy (non-hydrogen) atoms. The van der Waals surface area contributed by atoms with Gasteiger partial charge in [-0.3, -0.25) is 14.2 Å². The van der Waals surface area contributed by atoms with Gasteiger partial charge in [0.15, 0.2) is 5.82 Å². The monoisotopic (exact) mass is 413 g/mol. The van der Waals surface area contributed by atoms with Gasteiger partial charge in [-0.1, -0.05) is 12.1 Å². The summed E-state index contributed by atoms with van der Waals surface area (Å²) in [5.74, 6) is 0.365. The van der Waals surface area contributed by atoms with Crippen molar-refractivity contribution in [2.75, 3.05) is 33.8 Å². The number of aromatic nitrogens is 2. The summed E-state index contributed by atoms with van der Waals surface area (Å²) in [5.41, 5.74) is 3.18. The highest BCUT2D eigenvalue weighted by atomic mass is 32.2. The van der Waals surface area contributed by atoms with Crippen LogP contribution < -0.4 is 14.9 Å². The summed E-state index contributed by atoms with van der Waals surface area (Å²) >= 11 is 0. The molecule has 3 N–H and O–H groups in total. The Bertz CT molecular complexity index is 1160. The van der Waals surface area contributed by atoms with Crippen LogP contribution in [0.25, 0.3) is 10.9 Å². The third-order valence-corrected chi connectivity index (χ3v) is 6.73. The number of H-pyrrole nitrogens is 1. The van der Waals surface area contributed by atoms with E-state index < -0.39 is 10.0 Å². The lowest BCUT2D eigenvalue weighted by Gasteiger charge is -2.16. The molecule has 2 aromatic carbocycles. The number of nitrogens with zero attached hydrogens (tertiary/aromatic N) is 2. The number of aromatic amines is 1. The molecule has 0 unspecified atom stereocenters. The van der Waals surface area contributed by atoms with Crippen LogP contribution in [0, 0.1) is 0 Å². The van der Waals surface area contributed by atoms with Crippen molar-refractivity contribution in [2.45, 2.75) is 19.8 Å². The fourth-order valence-corrected chi connectivity index (χ4v) is 5.10. The van der Waals surface area contributed by atoms with Crippen LogP contribution in [0.5, 0.6) is 0 Å². The summed E-state index contributed by atoms with van der Waals surface area (Å²) < 4.78 is 25.8. The number of hydrogen-bond acceptors (Lipinski definition) is 5. The number of sulfonamides is 1. The topological polar surface area (TPSA) is 107 Å². The largest absolute Gasteiger partial charge is 0.385 e. The molecular weight excluding hydrogens is 390 g/mol. The second-order valence-electron chi connectivity index (χ2n) is 7.00. The van der Waals surface area contributed by atoms with Gasteiger partial charge in [-0.05, 0) is 49.2 Å². The zero-order chi connectivity index (χ0) is 20.4. The van der Waals surface area contributed by atoms with E-state index in [0.717, 1.165) is 23.3 Å². The summed E-state index contributed by atoms with van der Waals surface area (Å²) in [6.07, 6.45) is 0.828. The van der Waals surface area contributed by atoms with E-state index in [1.807, 2.05) is 31.2 Å². The molecule has 3 aromatic rings. The first-order valence-corrected chi connectivity index (χ1v) is 11.2. The van der Waals surface area contributed by atoms with Gasteiger partial charge in [0.2, 0.25) is 15.9 Å². The summed E-state index contributed by atoms with van der Waals surface area (Å²) in [6.45, 7) is 3.29. The molecule has 9 heteroatoms. The molecule has 0 spiro atoms. The molecule has 8 nitrogen and oxygen atoms in total. The highest BCUT2D eigenvalue weighted by molar-refractivity contribution is 7.93. The van der Waals surface area contributed by atoms with Gasteiger partial charge >= 0.3 is 0 Å². The molecule has 2 heterocycles. The lowest BCUT2D eigenvalue weighted by atomic mass is 10.1. The summed E-state index contributed by atoms with van der Waals surface area (Å²) in [7, 11) is -3.27. The number of carbonyl (C=O) groups is 1. The van der Waals surface area contributed by atoms with E-state index in [0.29, 0.717) is 29.9 Å². The molecule has 1 amide bonds. The van der Waals surface area contributed by atoms with Crippen LogP contribution in [-0.4, -0.2) is 43.4 Å². The molecule has 0 bridgehead atoms. The van der Waals surface area contributed by atoms with Gasteiger partial charge in [0.05, 0.1) is 23.4 Å². The summed E-state index contributed by atoms with van der Waals surface area (Å²) in [5, 5.41) is 13.8. The molecule has 0 aliphatic carbocycles. The minimum absolute atomic E-state index is 0.159. The Hall–Kier alpha value is -3.07. The first kappa shape index (κ1) is 19.3. The number of hydrogen-bond donors (Lipinski definition) is 3. The van der Waals surface area contributed by atoms with Crippen molar-refractivity contribution in [1.29, 1.82) is 0 Å². The minimum Gasteiger partial charge on any atom is -0.385 e. The normalized spacial score (nSPS) is 15.6. The molecule has 1 aliphatic rings. The van der Waals surface area contributed by atoms with Crippen LogP contribution >= 0.6 is 0 Å². The number of amides is 1. The van der Waals surface area contributed by atoms with Crippen molar-refractivity contribution in [2.24, 2.45) is 0 Å². The van der Waals surface area contributed by atoms with Crippen molar-refractivity contribution in [1.82, 2.24) is 10.2 Å². The Labute approximate surface area is 169 Å². The van der Waals surface area contributed by atoms with Crippen LogP contribution in [0.1, 0.15) is 18.9 Å². The quantitative estimate of drug-likeness (QED) is 0.576. The second-order valence-corrected chi connectivity index (χ2v) is 9.01. The predicted molar refractivity (Wildman–Crippen MR) is 115 cm³/mol. The standard InChI is InChI=1S/C20H23N5O3S/c1-2-21-15-6-3-5-14(11-15)12-19(26)22-20-17-13-16(7-8-18(17)23-24-20)25-9-4-10-29(25,27)28/h3,5-8,11,13,21H,2,4,9-10,12H2,1H3,(H2,22,23,24,26). The van der Waals surface area contributed by atoms with Crippen LogP contribution in [0.15, 0.2) is 42.5 Å². The summed E-state index contributed by atoms with van der Waals surface area (Å²) in [6, 6.07) is 13.0. The molecule has 4 rings (SSSR count). The van der Waals surface area contributed by atoms with E-state index in [4.69, 9.17) is 0 Å². The number of rotatable bonds is 6. The van der Waals surface area contributed by atoms with Gasteiger partial charge < -0.3 is 10.6 Å². The Morgan fingerprint density at radius 1 is 1.24 bits per heavy atom. The number of benzene rings is 2. The highest BCUT2D eigenvalue weighted by Crippen LogP contribution is 2.30. The van der Waals surface area contributed by atoms with E-state index in [9.17, 15) is 13.2 Å². The van der Waals surface area contributed by atoms with Crippen molar-refractivity contribution in [3.05, 3.63) is 48.0 Å². The van der Waals surface area contributed by atoms with Gasteiger partial charge in [0, 0.05) is 24.2 Å². The van der Waals surface area contributed by atoms with Crippen LogP contribution in [0.3, 0.4) is 0 Å². The van der Waals surface area contributed by atoms with Crippen molar-refractivity contribution in [3.8, 4) is 0 Å². The first-order chi connectivity index (χ1) is 14.0. The average Bonchev–Trinajstić information content (AvgIpc) is 3.24. The van der Waals surface area contributed by atoms with Gasteiger partial charge in [-0.25, -0.2) is 8.42 Å². The molecule has 152 valence electrons. The number of carbonyl (C=O) groups excluding carboxylic acids is 1. The summed E-state index contributed by atoms with van der Waals surface area (Å²) in [4.78, 5) is 12.5. The molecule has 1 saturated heterocycles. The minimum atomic E-state index is -3.27. The lowest BCUT2D eigenvalue weighted by molar-refractivity contribution is -0.115. The zero-order valence-electron chi connectivity index (χ0n) is 16.1. The Balaban J connectivity index is 1.54. The molecular formula is C20H23N5O3S. The van der Waals surface area contributed by atoms with E-state index in [1.54, 1.807) is 18.2 Å². The molecule has 1 aliphatic heterocycles. The first-order valence-electron chi connectivity index (χ1n) is 9.57. The molecule has 0 radical (unpaired) electrons. The third kappa shape index (κ3) is 4.04. The Kier molecular flexibility index (Phi) is 5.14. The third-order valence-electron chi connectivity index (χ3n) is 4.86. The SMILES string of the molecule is CCNc1cccc(CC(=O)Nc2n[nH]c3ccc(N4CCCS4(=O)=O)cc23)c1. The fraction of sp³-hybridized carbons (Fsp3) is 0.300. The van der Waals surface area contributed by atoms with Crippen LogP contribution in [-0.2, 0) is 21.2 Å². The molecule has 1 fully saturated rings. The van der Waals surface area contributed by atoms with Gasteiger partial charge in [-0.15, -0.1) is 0 Å². The van der Waals surface area contributed by atoms with Crippen LogP contribution in [0.2, 0.25) is 0 Å². The lowest BCUT2D eigenvalue weighted by Crippen LogP contribution is -2.24. The number of nitrogens with one attached hydrogen (secondary N) is 3. The number of fused-ring (bicyclic) bond motifs is 1. The predicted octanol–water partition coefficient (Wildman–Crippen LogP) is 2.72. The van der Waals surface area contributed by atoms with Gasteiger partial charge in [0.25, 0.3) is 0 Å². The van der Waals surface area contributed by atoms with Gasteiger partial charge in [0.1, 0.15) is 0 Å². The van der Waals surface area contributed by atoms with Crippen molar-refractivity contribution >= 4 is 44.0 Å². The van der Waals surface area contributed by atoms with Crippen LogP contribution in [0.4, 0.5) is 17.2 Å².